The van der Waals surface area contributed by atoms with E-state index in [1.54, 1.807) is 6.26 Å². The van der Waals surface area contributed by atoms with E-state index in [0.717, 1.165) is 24.3 Å². The van der Waals surface area contributed by atoms with Gasteiger partial charge in [-0.1, -0.05) is 12.1 Å². The highest BCUT2D eigenvalue weighted by atomic mass is 16.3. The van der Waals surface area contributed by atoms with Gasteiger partial charge >= 0.3 is 6.03 Å². The quantitative estimate of drug-likeness (QED) is 0.897. The third kappa shape index (κ3) is 2.85. The van der Waals surface area contributed by atoms with Crippen LogP contribution in [0.4, 0.5) is 10.5 Å². The highest BCUT2D eigenvalue weighted by Gasteiger charge is 2.14. The van der Waals surface area contributed by atoms with E-state index in [0.29, 0.717) is 6.54 Å². The number of hydrogen-bond acceptors (Lipinski definition) is 2. The number of urea groups is 1. The van der Waals surface area contributed by atoms with Gasteiger partial charge in [-0.25, -0.2) is 4.79 Å². The van der Waals surface area contributed by atoms with Crippen LogP contribution in [0, 0.1) is 0 Å². The van der Waals surface area contributed by atoms with Gasteiger partial charge < -0.3 is 15.1 Å². The summed E-state index contributed by atoms with van der Waals surface area (Å²) in [5.41, 5.74) is 3.58. The second-order valence-corrected chi connectivity index (χ2v) is 5.04. The van der Waals surface area contributed by atoms with Crippen LogP contribution in [0.2, 0.25) is 0 Å². The molecule has 4 heteroatoms. The second-order valence-electron chi connectivity index (χ2n) is 5.04. The van der Waals surface area contributed by atoms with Crippen LogP contribution in [0.5, 0.6) is 0 Å². The fraction of sp³-hybridized carbons (Fsp3) is 0.312. The maximum absolute atomic E-state index is 11.9. The molecule has 1 aliphatic rings. The second kappa shape index (κ2) is 5.82. The minimum atomic E-state index is -0.194. The van der Waals surface area contributed by atoms with E-state index in [1.807, 2.05) is 24.3 Å². The van der Waals surface area contributed by atoms with Crippen molar-refractivity contribution in [1.82, 2.24) is 5.32 Å². The lowest BCUT2D eigenvalue weighted by atomic mass is 9.90. The third-order valence-corrected chi connectivity index (χ3v) is 3.65. The molecule has 3 rings (SSSR count). The number of carbonyl (C=O) groups excluding carboxylic acids is 1. The SMILES string of the molecule is O=C(NCc1ccco1)Nc1cccc2c1CCCC2. The largest absolute Gasteiger partial charge is 0.467 e. The molecule has 1 aromatic carbocycles. The Labute approximate surface area is 118 Å². The first-order valence-corrected chi connectivity index (χ1v) is 7.01. The molecule has 2 amide bonds. The Hall–Kier alpha value is -2.23. The van der Waals surface area contributed by atoms with Crippen LogP contribution < -0.4 is 10.6 Å². The van der Waals surface area contributed by atoms with Crippen molar-refractivity contribution in [2.75, 3.05) is 5.32 Å². The van der Waals surface area contributed by atoms with Crippen molar-refractivity contribution in [2.24, 2.45) is 0 Å². The van der Waals surface area contributed by atoms with Crippen LogP contribution in [0.3, 0.4) is 0 Å². The summed E-state index contributed by atoms with van der Waals surface area (Å²) < 4.78 is 5.18. The number of rotatable bonds is 3. The average molecular weight is 270 g/mol. The Kier molecular flexibility index (Phi) is 3.72. The summed E-state index contributed by atoms with van der Waals surface area (Å²) in [6, 6.07) is 9.58. The van der Waals surface area contributed by atoms with E-state index in [9.17, 15) is 4.79 Å². The average Bonchev–Trinajstić information content (AvgIpc) is 2.99. The zero-order chi connectivity index (χ0) is 13.8. The van der Waals surface area contributed by atoms with E-state index < -0.39 is 0 Å². The van der Waals surface area contributed by atoms with E-state index in [-0.39, 0.29) is 6.03 Å². The van der Waals surface area contributed by atoms with Crippen molar-refractivity contribution in [3.05, 3.63) is 53.5 Å². The van der Waals surface area contributed by atoms with Crippen LogP contribution >= 0.6 is 0 Å². The van der Waals surface area contributed by atoms with Gasteiger partial charge in [0, 0.05) is 5.69 Å². The molecule has 1 aromatic heterocycles. The van der Waals surface area contributed by atoms with Crippen molar-refractivity contribution in [3.63, 3.8) is 0 Å². The molecule has 4 nitrogen and oxygen atoms in total. The number of aryl methyl sites for hydroxylation is 1. The summed E-state index contributed by atoms with van der Waals surface area (Å²) in [5, 5.41) is 5.74. The first-order valence-electron chi connectivity index (χ1n) is 7.01. The van der Waals surface area contributed by atoms with Crippen molar-refractivity contribution < 1.29 is 9.21 Å². The standard InChI is InChI=1S/C16H18N2O2/c19-16(17-11-13-7-4-10-20-13)18-15-9-3-6-12-5-1-2-8-14(12)15/h3-4,6-7,9-10H,1-2,5,8,11H2,(H2,17,18,19). The van der Waals surface area contributed by atoms with Gasteiger partial charge in [0.05, 0.1) is 12.8 Å². The molecule has 0 spiro atoms. The van der Waals surface area contributed by atoms with E-state index in [1.165, 1.54) is 24.0 Å². The normalized spacial score (nSPS) is 13.6. The predicted octanol–water partition coefficient (Wildman–Crippen LogP) is 3.48. The number of hydrogen-bond donors (Lipinski definition) is 2. The van der Waals surface area contributed by atoms with Crippen molar-refractivity contribution in [3.8, 4) is 0 Å². The number of benzene rings is 1. The molecule has 0 saturated carbocycles. The van der Waals surface area contributed by atoms with Crippen molar-refractivity contribution in [2.45, 2.75) is 32.2 Å². The molecule has 1 heterocycles. The molecule has 104 valence electrons. The Bertz CT molecular complexity index is 591. The molecule has 0 bridgehead atoms. The van der Waals surface area contributed by atoms with Gasteiger partial charge in [0.25, 0.3) is 0 Å². The highest BCUT2D eigenvalue weighted by Crippen LogP contribution is 2.27. The number of furan rings is 1. The lowest BCUT2D eigenvalue weighted by Gasteiger charge is -2.19. The molecule has 1 aliphatic carbocycles. The topological polar surface area (TPSA) is 54.3 Å². The molecule has 2 N–H and O–H groups in total. The molecule has 0 atom stereocenters. The molecule has 0 aliphatic heterocycles. The van der Waals surface area contributed by atoms with E-state index in [2.05, 4.69) is 16.7 Å². The monoisotopic (exact) mass is 270 g/mol. The third-order valence-electron chi connectivity index (χ3n) is 3.65. The van der Waals surface area contributed by atoms with Gasteiger partial charge in [-0.15, -0.1) is 0 Å². The van der Waals surface area contributed by atoms with Gasteiger partial charge in [-0.2, -0.15) is 0 Å². The summed E-state index contributed by atoms with van der Waals surface area (Å²) >= 11 is 0. The summed E-state index contributed by atoms with van der Waals surface area (Å²) in [4.78, 5) is 11.9. The maximum atomic E-state index is 11.9. The van der Waals surface area contributed by atoms with Gasteiger partial charge in [-0.05, 0) is 55.0 Å². The Morgan fingerprint density at radius 1 is 1.15 bits per heavy atom. The minimum absolute atomic E-state index is 0.194. The summed E-state index contributed by atoms with van der Waals surface area (Å²) in [6.45, 7) is 0.397. The minimum Gasteiger partial charge on any atom is -0.467 e. The molecular formula is C16H18N2O2. The molecule has 0 saturated heterocycles. The van der Waals surface area contributed by atoms with Gasteiger partial charge in [0.2, 0.25) is 0 Å². The molecule has 0 fully saturated rings. The number of amides is 2. The molecular weight excluding hydrogens is 252 g/mol. The van der Waals surface area contributed by atoms with Crippen molar-refractivity contribution in [1.29, 1.82) is 0 Å². The smallest absolute Gasteiger partial charge is 0.319 e. The number of nitrogens with one attached hydrogen (secondary N) is 2. The number of fused-ring (bicyclic) bond motifs is 1. The summed E-state index contributed by atoms with van der Waals surface area (Å²) in [5.74, 6) is 0.746. The zero-order valence-corrected chi connectivity index (χ0v) is 11.3. The molecule has 20 heavy (non-hydrogen) atoms. The molecule has 0 radical (unpaired) electrons. The fourth-order valence-corrected chi connectivity index (χ4v) is 2.65. The number of anilines is 1. The van der Waals surface area contributed by atoms with Crippen LogP contribution in [-0.2, 0) is 19.4 Å². The zero-order valence-electron chi connectivity index (χ0n) is 11.3. The molecule has 0 unspecified atom stereocenters. The summed E-state index contributed by atoms with van der Waals surface area (Å²) in [6.07, 6.45) is 6.19. The maximum Gasteiger partial charge on any atom is 0.319 e. The van der Waals surface area contributed by atoms with Crippen LogP contribution in [0.15, 0.2) is 41.0 Å². The summed E-state index contributed by atoms with van der Waals surface area (Å²) in [7, 11) is 0. The lowest BCUT2D eigenvalue weighted by Crippen LogP contribution is -2.28. The number of carbonyl (C=O) groups is 1. The van der Waals surface area contributed by atoms with Gasteiger partial charge in [-0.3, -0.25) is 0 Å². The van der Waals surface area contributed by atoms with Crippen LogP contribution in [0.1, 0.15) is 29.7 Å². The van der Waals surface area contributed by atoms with E-state index >= 15 is 0 Å². The lowest BCUT2D eigenvalue weighted by molar-refractivity contribution is 0.251. The van der Waals surface area contributed by atoms with Crippen LogP contribution in [-0.4, -0.2) is 6.03 Å². The van der Waals surface area contributed by atoms with Crippen molar-refractivity contribution >= 4 is 11.7 Å². The first kappa shape index (κ1) is 12.8. The fourth-order valence-electron chi connectivity index (χ4n) is 2.65. The molecule has 2 aromatic rings. The first-order chi connectivity index (χ1) is 9.83. The van der Waals surface area contributed by atoms with E-state index in [4.69, 9.17) is 4.42 Å². The Morgan fingerprint density at radius 3 is 2.90 bits per heavy atom. The predicted molar refractivity (Wildman–Crippen MR) is 77.7 cm³/mol. The highest BCUT2D eigenvalue weighted by molar-refractivity contribution is 5.90. The Balaban J connectivity index is 1.64. The Morgan fingerprint density at radius 2 is 2.05 bits per heavy atom. The van der Waals surface area contributed by atoms with Gasteiger partial charge in [0.1, 0.15) is 5.76 Å². The van der Waals surface area contributed by atoms with Gasteiger partial charge in [0.15, 0.2) is 0 Å². The van der Waals surface area contributed by atoms with Crippen LogP contribution in [0.25, 0.3) is 0 Å².